The van der Waals surface area contributed by atoms with Crippen molar-refractivity contribution >= 4 is 35.0 Å². The van der Waals surface area contributed by atoms with Crippen LogP contribution in [0.4, 0.5) is 5.69 Å². The maximum atomic E-state index is 12.5. The molecule has 1 aromatic heterocycles. The Morgan fingerprint density at radius 2 is 2.04 bits per heavy atom. The number of aryl methyl sites for hydroxylation is 1. The molecular weight excluding hydrogens is 374 g/mol. The number of hydrogen-bond donors (Lipinski definition) is 1. The maximum Gasteiger partial charge on any atom is 0.298 e. The lowest BCUT2D eigenvalue weighted by molar-refractivity contribution is -0.705. The van der Waals surface area contributed by atoms with Gasteiger partial charge in [0.2, 0.25) is 11.6 Å². The fourth-order valence-corrected chi connectivity index (χ4v) is 3.26. The van der Waals surface area contributed by atoms with Crippen LogP contribution in [-0.2, 0) is 4.79 Å². The van der Waals surface area contributed by atoms with E-state index in [1.807, 2.05) is 31.2 Å². The van der Waals surface area contributed by atoms with Crippen LogP contribution in [0, 0.1) is 6.92 Å². The number of nitrogens with zero attached hydrogens (tertiary/aromatic N) is 2. The highest BCUT2D eigenvalue weighted by atomic mass is 35.5. The Labute approximate surface area is 159 Å². The molecule has 1 atom stereocenters. The lowest BCUT2D eigenvalue weighted by Gasteiger charge is -2.11. The Bertz CT molecular complexity index is 931. The van der Waals surface area contributed by atoms with Crippen LogP contribution in [0.2, 0.25) is 5.02 Å². The Kier molecular flexibility index (Phi) is 5.49. The van der Waals surface area contributed by atoms with Crippen molar-refractivity contribution < 1.29 is 19.1 Å². The molecule has 1 heterocycles. The third-order valence-corrected chi connectivity index (χ3v) is 5.21. The number of amides is 1. The highest BCUT2D eigenvalue weighted by molar-refractivity contribution is 8.00. The van der Waals surface area contributed by atoms with Crippen LogP contribution in [0.15, 0.2) is 58.1 Å². The first kappa shape index (κ1) is 18.3. The number of nitrogens with one attached hydrogen (secondary N) is 1. The Morgan fingerprint density at radius 1 is 1.31 bits per heavy atom. The molecule has 134 valence electrons. The number of carbonyl (C=O) groups excluding carboxylic acids is 1. The number of carbonyl (C=O) groups is 1. The summed E-state index contributed by atoms with van der Waals surface area (Å²) in [6.07, 6.45) is 0. The molecule has 0 aliphatic rings. The maximum absolute atomic E-state index is 12.5. The van der Waals surface area contributed by atoms with Crippen molar-refractivity contribution in [3.05, 3.63) is 59.1 Å². The zero-order valence-corrected chi connectivity index (χ0v) is 15.7. The summed E-state index contributed by atoms with van der Waals surface area (Å²) in [7, 11) is 0. The van der Waals surface area contributed by atoms with Gasteiger partial charge >= 0.3 is 0 Å². The van der Waals surface area contributed by atoms with Gasteiger partial charge in [-0.15, -0.1) is 0 Å². The number of thioether (sulfide) groups is 1. The number of benzene rings is 2. The molecule has 2 aromatic carbocycles. The Balaban J connectivity index is 1.75. The largest absolute Gasteiger partial charge is 0.538 e. The predicted octanol–water partition coefficient (Wildman–Crippen LogP) is 3.11. The minimum Gasteiger partial charge on any atom is -0.538 e. The summed E-state index contributed by atoms with van der Waals surface area (Å²) in [5.41, 5.74) is 2.21. The molecule has 0 bridgehead atoms. The molecular formula is C18H16ClN3O3S. The summed E-state index contributed by atoms with van der Waals surface area (Å²) >= 11 is 7.16. The highest BCUT2D eigenvalue weighted by Crippen LogP contribution is 2.28. The SMILES string of the molecule is Cc1ccc(NC(=O)C(C)Sc2c([O-])on[n+]2-c2ccccc2)cc1Cl. The molecule has 6 nitrogen and oxygen atoms in total. The van der Waals surface area contributed by atoms with Gasteiger partial charge in [-0.2, -0.15) is 0 Å². The average Bonchev–Trinajstić information content (AvgIpc) is 2.99. The van der Waals surface area contributed by atoms with Gasteiger partial charge in [-0.1, -0.05) is 35.9 Å². The van der Waals surface area contributed by atoms with Crippen LogP contribution in [0.5, 0.6) is 5.95 Å². The second kappa shape index (κ2) is 7.80. The predicted molar refractivity (Wildman–Crippen MR) is 97.6 cm³/mol. The molecule has 3 rings (SSSR count). The summed E-state index contributed by atoms with van der Waals surface area (Å²) in [6, 6.07) is 14.4. The standard InChI is InChI=1S/C18H16ClN3O3S/c1-11-8-9-13(10-15(11)19)20-16(23)12(2)26-17-18(24)25-21-22(17)14-6-4-3-5-7-14/h3-10,12H,1-2H3,(H-,20,21,23,24). The molecule has 0 fully saturated rings. The quantitative estimate of drug-likeness (QED) is 0.535. The lowest BCUT2D eigenvalue weighted by Crippen LogP contribution is -2.36. The summed E-state index contributed by atoms with van der Waals surface area (Å²) in [6.45, 7) is 3.59. The lowest BCUT2D eigenvalue weighted by atomic mass is 10.2. The summed E-state index contributed by atoms with van der Waals surface area (Å²) in [4.78, 5) is 12.5. The third kappa shape index (κ3) is 4.00. The number of hydrogen-bond acceptors (Lipinski definition) is 5. The van der Waals surface area contributed by atoms with Crippen LogP contribution in [0.1, 0.15) is 12.5 Å². The normalized spacial score (nSPS) is 12.0. The molecule has 0 radical (unpaired) electrons. The zero-order valence-electron chi connectivity index (χ0n) is 14.1. The first-order valence-electron chi connectivity index (χ1n) is 7.84. The fraction of sp³-hybridized carbons (Fsp3) is 0.167. The topological polar surface area (TPSA) is 82.1 Å². The van der Waals surface area contributed by atoms with Crippen LogP contribution < -0.4 is 15.1 Å². The monoisotopic (exact) mass is 389 g/mol. The number of rotatable bonds is 5. The summed E-state index contributed by atoms with van der Waals surface area (Å²) in [5, 5.41) is 18.8. The number of para-hydroxylation sites is 1. The number of aromatic nitrogens is 2. The van der Waals surface area contributed by atoms with E-state index in [1.165, 1.54) is 4.68 Å². The molecule has 1 unspecified atom stereocenters. The molecule has 8 heteroatoms. The third-order valence-electron chi connectivity index (χ3n) is 3.67. The molecule has 1 N–H and O–H groups in total. The van der Waals surface area contributed by atoms with Gasteiger partial charge in [-0.3, -0.25) is 4.79 Å². The molecule has 0 spiro atoms. The van der Waals surface area contributed by atoms with Gasteiger partial charge in [0, 0.05) is 22.8 Å². The van der Waals surface area contributed by atoms with E-state index in [9.17, 15) is 9.90 Å². The van der Waals surface area contributed by atoms with Gasteiger partial charge in [-0.25, -0.2) is 0 Å². The second-order valence-electron chi connectivity index (χ2n) is 5.63. The van der Waals surface area contributed by atoms with Crippen LogP contribution in [0.3, 0.4) is 0 Å². The van der Waals surface area contributed by atoms with E-state index in [1.54, 1.807) is 31.2 Å². The van der Waals surface area contributed by atoms with Crippen molar-refractivity contribution in [2.24, 2.45) is 0 Å². The van der Waals surface area contributed by atoms with Gasteiger partial charge in [0.05, 0.1) is 10.5 Å². The smallest absolute Gasteiger partial charge is 0.298 e. The van der Waals surface area contributed by atoms with E-state index in [4.69, 9.17) is 16.1 Å². The van der Waals surface area contributed by atoms with Crippen molar-refractivity contribution in [3.63, 3.8) is 0 Å². The molecule has 0 aliphatic carbocycles. The van der Waals surface area contributed by atoms with Gasteiger partial charge in [0.15, 0.2) is 5.95 Å². The van der Waals surface area contributed by atoms with Gasteiger partial charge in [0.1, 0.15) is 0 Å². The zero-order chi connectivity index (χ0) is 18.7. The highest BCUT2D eigenvalue weighted by Gasteiger charge is 2.26. The summed E-state index contributed by atoms with van der Waals surface area (Å²) < 4.78 is 6.15. The van der Waals surface area contributed by atoms with Gasteiger partial charge < -0.3 is 14.9 Å². The molecule has 0 saturated heterocycles. The minimum atomic E-state index is -0.586. The molecule has 26 heavy (non-hydrogen) atoms. The second-order valence-corrected chi connectivity index (χ2v) is 7.36. The average molecular weight is 390 g/mol. The molecule has 1 amide bonds. The van der Waals surface area contributed by atoms with E-state index < -0.39 is 11.2 Å². The van der Waals surface area contributed by atoms with Crippen molar-refractivity contribution in [1.29, 1.82) is 0 Å². The van der Waals surface area contributed by atoms with Crippen molar-refractivity contribution in [2.45, 2.75) is 24.1 Å². The van der Waals surface area contributed by atoms with E-state index in [0.29, 0.717) is 16.4 Å². The van der Waals surface area contributed by atoms with Crippen LogP contribution in [-0.4, -0.2) is 16.4 Å². The molecule has 3 aromatic rings. The van der Waals surface area contributed by atoms with Crippen LogP contribution >= 0.6 is 23.4 Å². The fourth-order valence-electron chi connectivity index (χ4n) is 2.21. The number of anilines is 1. The van der Waals surface area contributed by atoms with E-state index in [2.05, 4.69) is 10.6 Å². The van der Waals surface area contributed by atoms with E-state index >= 15 is 0 Å². The molecule has 0 aliphatic heterocycles. The first-order valence-corrected chi connectivity index (χ1v) is 9.09. The van der Waals surface area contributed by atoms with E-state index in [-0.39, 0.29) is 10.9 Å². The van der Waals surface area contributed by atoms with Crippen LogP contribution in [0.25, 0.3) is 5.69 Å². The van der Waals surface area contributed by atoms with Gasteiger partial charge in [0.25, 0.3) is 5.03 Å². The minimum absolute atomic E-state index is 0.237. The Hall–Kier alpha value is -2.51. The Morgan fingerprint density at radius 3 is 2.73 bits per heavy atom. The number of halogens is 1. The van der Waals surface area contributed by atoms with Crippen molar-refractivity contribution in [1.82, 2.24) is 5.27 Å². The van der Waals surface area contributed by atoms with Gasteiger partial charge in [-0.05, 0) is 48.0 Å². The van der Waals surface area contributed by atoms with Crippen molar-refractivity contribution in [3.8, 4) is 11.6 Å². The molecule has 0 saturated carbocycles. The first-order chi connectivity index (χ1) is 12.5. The van der Waals surface area contributed by atoms with Crippen molar-refractivity contribution in [2.75, 3.05) is 5.32 Å². The summed E-state index contributed by atoms with van der Waals surface area (Å²) in [5.74, 6) is -0.841. The van der Waals surface area contributed by atoms with E-state index in [0.717, 1.165) is 17.3 Å².